The Kier molecular flexibility index (Phi) is 5.79. The van der Waals surface area contributed by atoms with Gasteiger partial charge in [-0.3, -0.25) is 0 Å². The molecule has 1 heterocycles. The molecule has 1 aliphatic heterocycles. The number of ether oxygens (including phenoxy) is 1. The molecule has 2 rings (SSSR count). The van der Waals surface area contributed by atoms with Crippen molar-refractivity contribution in [1.82, 2.24) is 0 Å². The summed E-state index contributed by atoms with van der Waals surface area (Å²) in [4.78, 5) is 34.9. The summed E-state index contributed by atoms with van der Waals surface area (Å²) in [5.74, 6) is -0.417. The summed E-state index contributed by atoms with van der Waals surface area (Å²) < 4.78 is 5.49. The lowest BCUT2D eigenvalue weighted by Crippen LogP contribution is -2.48. The van der Waals surface area contributed by atoms with Gasteiger partial charge in [-0.1, -0.05) is 32.4 Å². The molecule has 1 saturated carbocycles. The molecule has 2 aliphatic rings. The molecule has 1 fully saturated rings. The maximum Gasteiger partial charge on any atom is 0.333 e. The van der Waals surface area contributed by atoms with Gasteiger partial charge in [0.25, 0.3) is 0 Å². The van der Waals surface area contributed by atoms with Crippen LogP contribution >= 0.6 is 0 Å². The lowest BCUT2D eigenvalue weighted by molar-refractivity contribution is -0.151. The van der Waals surface area contributed by atoms with Crippen LogP contribution in [0.4, 0.5) is 0 Å². The summed E-state index contributed by atoms with van der Waals surface area (Å²) in [6.07, 6.45) is 10.1. The number of cyclic esters (lactones) is 1. The predicted molar refractivity (Wildman–Crippen MR) is 92.3 cm³/mol. The van der Waals surface area contributed by atoms with E-state index in [0.717, 1.165) is 31.8 Å². The molecule has 0 aromatic heterocycles. The summed E-state index contributed by atoms with van der Waals surface area (Å²) >= 11 is 0. The maximum absolute atomic E-state index is 12.2. The van der Waals surface area contributed by atoms with Gasteiger partial charge in [-0.15, -0.1) is 6.58 Å². The van der Waals surface area contributed by atoms with Crippen LogP contribution < -0.4 is 0 Å². The molecule has 24 heavy (non-hydrogen) atoms. The highest BCUT2D eigenvalue weighted by molar-refractivity contribution is 5.89. The Morgan fingerprint density at radius 1 is 1.33 bits per heavy atom. The van der Waals surface area contributed by atoms with Gasteiger partial charge in [0, 0.05) is 23.3 Å². The number of hydrogen-bond donors (Lipinski definition) is 0. The minimum atomic E-state index is -0.396. The van der Waals surface area contributed by atoms with Crippen LogP contribution in [0, 0.1) is 22.7 Å². The van der Waals surface area contributed by atoms with E-state index in [1.165, 1.54) is 0 Å². The third-order valence-corrected chi connectivity index (χ3v) is 5.69. The average Bonchev–Trinajstić information content (AvgIpc) is 2.51. The number of carbonyl (C=O) groups is 3. The van der Waals surface area contributed by atoms with Crippen molar-refractivity contribution < 1.29 is 19.1 Å². The Labute approximate surface area is 144 Å². The zero-order valence-corrected chi connectivity index (χ0v) is 14.8. The highest BCUT2D eigenvalue weighted by Crippen LogP contribution is 2.53. The number of allylic oxidation sites excluding steroid dienone is 1. The summed E-state index contributed by atoms with van der Waals surface area (Å²) in [6, 6.07) is 0. The maximum atomic E-state index is 12.2. The number of carbonyl (C=O) groups excluding carboxylic acids is 3. The van der Waals surface area contributed by atoms with Crippen LogP contribution in [0.5, 0.6) is 0 Å². The molecule has 0 bridgehead atoms. The first-order chi connectivity index (χ1) is 11.4. The second-order valence-corrected chi connectivity index (χ2v) is 7.93. The predicted octanol–water partition coefficient (Wildman–Crippen LogP) is 3.65. The average molecular weight is 332 g/mol. The van der Waals surface area contributed by atoms with Crippen molar-refractivity contribution in [2.75, 3.05) is 6.61 Å². The van der Waals surface area contributed by atoms with Gasteiger partial charge in [-0.05, 0) is 37.0 Å². The van der Waals surface area contributed by atoms with E-state index >= 15 is 0 Å². The number of hydrogen-bond acceptors (Lipinski definition) is 4. The Morgan fingerprint density at radius 2 is 2.08 bits per heavy atom. The second-order valence-electron chi connectivity index (χ2n) is 7.93. The molecule has 1 aliphatic carbocycles. The van der Waals surface area contributed by atoms with E-state index in [9.17, 15) is 14.4 Å². The topological polar surface area (TPSA) is 60.4 Å². The number of esters is 1. The fraction of sp³-hybridized carbons (Fsp3) is 0.650. The fourth-order valence-corrected chi connectivity index (χ4v) is 4.43. The molecule has 1 spiro atoms. The Morgan fingerprint density at radius 3 is 2.71 bits per heavy atom. The Balaban J connectivity index is 2.33. The number of rotatable bonds is 7. The SMILES string of the molecule is C=CC[C@H](CC=O)CC1=C[C@@]2(CCCC(C)(C)[C@H]2C=O)COC1=O. The van der Waals surface area contributed by atoms with Gasteiger partial charge >= 0.3 is 5.97 Å². The molecular weight excluding hydrogens is 304 g/mol. The van der Waals surface area contributed by atoms with Gasteiger partial charge in [-0.25, -0.2) is 4.79 Å². The van der Waals surface area contributed by atoms with Gasteiger partial charge in [0.15, 0.2) is 0 Å². The zero-order valence-electron chi connectivity index (χ0n) is 14.8. The molecule has 0 unspecified atom stereocenters. The summed E-state index contributed by atoms with van der Waals surface area (Å²) in [7, 11) is 0. The molecule has 3 atom stereocenters. The van der Waals surface area contributed by atoms with Crippen molar-refractivity contribution in [2.45, 2.75) is 52.4 Å². The Hall–Kier alpha value is -1.71. The van der Waals surface area contributed by atoms with Gasteiger partial charge in [0.05, 0.1) is 0 Å². The molecule has 4 heteroatoms. The van der Waals surface area contributed by atoms with Crippen molar-refractivity contribution in [3.8, 4) is 0 Å². The lowest BCUT2D eigenvalue weighted by Gasteiger charge is -2.49. The third kappa shape index (κ3) is 3.68. The highest BCUT2D eigenvalue weighted by atomic mass is 16.5. The van der Waals surface area contributed by atoms with E-state index in [0.29, 0.717) is 24.8 Å². The third-order valence-electron chi connectivity index (χ3n) is 5.69. The molecule has 0 amide bonds. The normalized spacial score (nSPS) is 30.2. The van der Waals surface area contributed by atoms with Crippen LogP contribution in [0.3, 0.4) is 0 Å². The monoisotopic (exact) mass is 332 g/mol. The van der Waals surface area contributed by atoms with Crippen molar-refractivity contribution in [1.29, 1.82) is 0 Å². The van der Waals surface area contributed by atoms with Crippen LogP contribution in [0.15, 0.2) is 24.3 Å². The van der Waals surface area contributed by atoms with Crippen LogP contribution in [0.25, 0.3) is 0 Å². The van der Waals surface area contributed by atoms with Gasteiger partial charge in [-0.2, -0.15) is 0 Å². The molecule has 0 N–H and O–H groups in total. The van der Waals surface area contributed by atoms with Crippen LogP contribution in [-0.4, -0.2) is 25.1 Å². The van der Waals surface area contributed by atoms with E-state index in [2.05, 4.69) is 20.4 Å². The minimum Gasteiger partial charge on any atom is -0.461 e. The lowest BCUT2D eigenvalue weighted by atomic mass is 9.55. The standard InChI is InChI=1S/C20H28O4/c1-4-6-15(7-10-21)11-16-12-20(14-24-18(16)23)9-5-8-19(2,3)17(20)13-22/h4,10,12-13,15,17H,1,5-9,11,14H2,2-3H3/t15-,17-,20+/m1/s1. The van der Waals surface area contributed by atoms with Crippen LogP contribution in [-0.2, 0) is 19.1 Å². The van der Waals surface area contributed by atoms with Crippen LogP contribution in [0.1, 0.15) is 52.4 Å². The van der Waals surface area contributed by atoms with E-state index in [4.69, 9.17) is 4.74 Å². The van der Waals surface area contributed by atoms with E-state index < -0.39 is 5.41 Å². The minimum absolute atomic E-state index is 0.0558. The van der Waals surface area contributed by atoms with Crippen molar-refractivity contribution in [3.63, 3.8) is 0 Å². The first kappa shape index (κ1) is 18.6. The molecular formula is C20H28O4. The largest absolute Gasteiger partial charge is 0.461 e. The second kappa shape index (κ2) is 7.45. The molecule has 0 aromatic rings. The smallest absolute Gasteiger partial charge is 0.333 e. The van der Waals surface area contributed by atoms with Crippen molar-refractivity contribution >= 4 is 18.5 Å². The van der Waals surface area contributed by atoms with Crippen molar-refractivity contribution in [3.05, 3.63) is 24.3 Å². The van der Waals surface area contributed by atoms with Gasteiger partial charge in [0.2, 0.25) is 0 Å². The summed E-state index contributed by atoms with van der Waals surface area (Å²) in [6.45, 7) is 8.23. The Bertz CT molecular complexity index is 536. The molecule has 132 valence electrons. The summed E-state index contributed by atoms with van der Waals surface area (Å²) in [5, 5.41) is 0. The number of aldehydes is 2. The summed E-state index contributed by atoms with van der Waals surface area (Å²) in [5.41, 5.74) is 0.112. The molecule has 0 saturated heterocycles. The quantitative estimate of drug-likeness (QED) is 0.405. The zero-order chi connectivity index (χ0) is 17.8. The van der Waals surface area contributed by atoms with E-state index in [-0.39, 0.29) is 29.8 Å². The highest BCUT2D eigenvalue weighted by Gasteiger charge is 2.51. The molecule has 4 nitrogen and oxygen atoms in total. The molecule has 0 aromatic carbocycles. The van der Waals surface area contributed by atoms with Gasteiger partial charge < -0.3 is 14.3 Å². The fourth-order valence-electron chi connectivity index (χ4n) is 4.43. The first-order valence-corrected chi connectivity index (χ1v) is 8.77. The van der Waals surface area contributed by atoms with Crippen molar-refractivity contribution in [2.24, 2.45) is 22.7 Å². The first-order valence-electron chi connectivity index (χ1n) is 8.77. The van der Waals surface area contributed by atoms with E-state index in [1.807, 2.05) is 6.08 Å². The van der Waals surface area contributed by atoms with Gasteiger partial charge in [0.1, 0.15) is 19.2 Å². The van der Waals surface area contributed by atoms with E-state index in [1.54, 1.807) is 6.08 Å². The van der Waals surface area contributed by atoms with Crippen LogP contribution in [0.2, 0.25) is 0 Å². The molecule has 0 radical (unpaired) electrons.